The van der Waals surface area contributed by atoms with E-state index < -0.39 is 0 Å². The molecule has 20 heavy (non-hydrogen) atoms. The van der Waals surface area contributed by atoms with Gasteiger partial charge in [0.2, 0.25) is 0 Å². The molecule has 0 saturated carbocycles. The summed E-state index contributed by atoms with van der Waals surface area (Å²) in [4.78, 5) is 0. The standard InChI is InChI=1S/C15H24FN3O/c1-15(2,14(17)19-20)9-5-6-10-18-11-12-7-3-4-8-13(12)16/h3-4,7-8,18,20H,5-6,9-11H2,1-2H3,(H2,17,19). The zero-order valence-electron chi connectivity index (χ0n) is 12.2. The topological polar surface area (TPSA) is 70.6 Å². The van der Waals surface area contributed by atoms with E-state index >= 15 is 0 Å². The van der Waals surface area contributed by atoms with Crippen molar-refractivity contribution < 1.29 is 9.60 Å². The van der Waals surface area contributed by atoms with Crippen molar-refractivity contribution in [3.05, 3.63) is 35.6 Å². The molecule has 0 aromatic heterocycles. The second-order valence-corrected chi connectivity index (χ2v) is 5.59. The number of oxime groups is 1. The van der Waals surface area contributed by atoms with Crippen LogP contribution in [0, 0.1) is 11.2 Å². The van der Waals surface area contributed by atoms with Crippen LogP contribution < -0.4 is 11.1 Å². The SMILES string of the molecule is CC(C)(CCCCNCc1ccccc1F)/C(N)=N/O. The average molecular weight is 281 g/mol. The van der Waals surface area contributed by atoms with E-state index in [9.17, 15) is 4.39 Å². The molecule has 0 aliphatic rings. The van der Waals surface area contributed by atoms with Gasteiger partial charge in [-0.2, -0.15) is 0 Å². The molecule has 0 aliphatic heterocycles. The number of halogens is 1. The Morgan fingerprint density at radius 2 is 2.05 bits per heavy atom. The molecule has 0 saturated heterocycles. The van der Waals surface area contributed by atoms with Crippen molar-refractivity contribution in [2.75, 3.05) is 6.54 Å². The second kappa shape index (κ2) is 7.85. The second-order valence-electron chi connectivity index (χ2n) is 5.59. The largest absolute Gasteiger partial charge is 0.409 e. The molecular weight excluding hydrogens is 257 g/mol. The zero-order chi connectivity index (χ0) is 15.0. The lowest BCUT2D eigenvalue weighted by Gasteiger charge is -2.22. The van der Waals surface area contributed by atoms with Crippen LogP contribution in [0.1, 0.15) is 38.7 Å². The Bertz CT molecular complexity index is 446. The maximum absolute atomic E-state index is 13.4. The van der Waals surface area contributed by atoms with E-state index in [1.54, 1.807) is 12.1 Å². The lowest BCUT2D eigenvalue weighted by molar-refractivity contribution is 0.304. The van der Waals surface area contributed by atoms with E-state index in [-0.39, 0.29) is 17.1 Å². The van der Waals surface area contributed by atoms with Crippen LogP contribution in [0.15, 0.2) is 29.4 Å². The lowest BCUT2D eigenvalue weighted by atomic mass is 9.86. The fourth-order valence-electron chi connectivity index (χ4n) is 1.95. The highest BCUT2D eigenvalue weighted by Gasteiger charge is 2.22. The van der Waals surface area contributed by atoms with Gasteiger partial charge in [-0.3, -0.25) is 0 Å². The van der Waals surface area contributed by atoms with Crippen molar-refractivity contribution in [2.45, 2.75) is 39.7 Å². The minimum atomic E-state index is -0.291. The molecule has 0 fully saturated rings. The summed E-state index contributed by atoms with van der Waals surface area (Å²) < 4.78 is 13.4. The molecule has 4 N–H and O–H groups in total. The van der Waals surface area contributed by atoms with Gasteiger partial charge in [-0.05, 0) is 25.5 Å². The summed E-state index contributed by atoms with van der Waals surface area (Å²) in [5.74, 6) is 0.0879. The Morgan fingerprint density at radius 3 is 2.70 bits per heavy atom. The molecule has 1 rings (SSSR count). The van der Waals surface area contributed by atoms with Gasteiger partial charge in [0.25, 0.3) is 0 Å². The molecular formula is C15H24FN3O. The highest BCUT2D eigenvalue weighted by Crippen LogP contribution is 2.23. The monoisotopic (exact) mass is 281 g/mol. The fourth-order valence-corrected chi connectivity index (χ4v) is 1.95. The summed E-state index contributed by atoms with van der Waals surface area (Å²) in [7, 11) is 0. The number of unbranched alkanes of at least 4 members (excludes halogenated alkanes) is 1. The van der Waals surface area contributed by atoms with E-state index in [1.165, 1.54) is 6.07 Å². The number of hydrogen-bond donors (Lipinski definition) is 3. The number of benzene rings is 1. The van der Waals surface area contributed by atoms with Crippen LogP contribution in [0.2, 0.25) is 0 Å². The first-order valence-corrected chi connectivity index (χ1v) is 6.89. The summed E-state index contributed by atoms with van der Waals surface area (Å²) in [6, 6.07) is 6.77. The van der Waals surface area contributed by atoms with Gasteiger partial charge in [0.05, 0.1) is 0 Å². The number of nitrogens with zero attached hydrogens (tertiary/aromatic N) is 1. The molecule has 0 spiro atoms. The van der Waals surface area contributed by atoms with Crippen LogP contribution >= 0.6 is 0 Å². The van der Waals surface area contributed by atoms with E-state index in [0.29, 0.717) is 12.1 Å². The van der Waals surface area contributed by atoms with Crippen molar-refractivity contribution in [3.63, 3.8) is 0 Å². The van der Waals surface area contributed by atoms with E-state index in [0.717, 1.165) is 25.8 Å². The Hall–Kier alpha value is -1.62. The summed E-state index contributed by atoms with van der Waals surface area (Å²) in [6.07, 6.45) is 2.79. The Morgan fingerprint density at radius 1 is 1.35 bits per heavy atom. The Kier molecular flexibility index (Phi) is 6.45. The van der Waals surface area contributed by atoms with E-state index in [4.69, 9.17) is 10.9 Å². The van der Waals surface area contributed by atoms with Crippen molar-refractivity contribution in [1.82, 2.24) is 5.32 Å². The van der Waals surface area contributed by atoms with Crippen molar-refractivity contribution in [3.8, 4) is 0 Å². The molecule has 0 bridgehead atoms. The summed E-state index contributed by atoms with van der Waals surface area (Å²) in [5.41, 5.74) is 6.02. The third-order valence-electron chi connectivity index (χ3n) is 3.48. The molecule has 0 amide bonds. The lowest BCUT2D eigenvalue weighted by Crippen LogP contribution is -2.32. The van der Waals surface area contributed by atoms with Gasteiger partial charge >= 0.3 is 0 Å². The number of nitrogens with two attached hydrogens (primary N) is 1. The molecule has 5 heteroatoms. The average Bonchev–Trinajstić information content (AvgIpc) is 2.43. The molecule has 1 aromatic rings. The molecule has 0 aliphatic carbocycles. The summed E-state index contributed by atoms with van der Waals surface area (Å²) in [6.45, 7) is 5.26. The van der Waals surface area contributed by atoms with Crippen LogP contribution in [0.4, 0.5) is 4.39 Å². The van der Waals surface area contributed by atoms with Crippen LogP contribution in [0.5, 0.6) is 0 Å². The van der Waals surface area contributed by atoms with Gasteiger partial charge in [-0.15, -0.1) is 0 Å². The molecule has 0 radical (unpaired) electrons. The first-order chi connectivity index (χ1) is 9.47. The van der Waals surface area contributed by atoms with Gasteiger partial charge in [0.1, 0.15) is 11.7 Å². The van der Waals surface area contributed by atoms with Gasteiger partial charge in [-0.1, -0.05) is 43.6 Å². The number of hydrogen-bond acceptors (Lipinski definition) is 3. The number of amidine groups is 1. The third-order valence-corrected chi connectivity index (χ3v) is 3.48. The van der Waals surface area contributed by atoms with Crippen LogP contribution in [0.25, 0.3) is 0 Å². The van der Waals surface area contributed by atoms with Gasteiger partial charge in [0, 0.05) is 17.5 Å². The Labute approximate surface area is 119 Å². The minimum absolute atomic E-state index is 0.173. The van der Waals surface area contributed by atoms with Crippen molar-refractivity contribution >= 4 is 5.84 Å². The maximum Gasteiger partial charge on any atom is 0.144 e. The third kappa shape index (κ3) is 5.17. The van der Waals surface area contributed by atoms with Crippen molar-refractivity contribution in [2.24, 2.45) is 16.3 Å². The molecule has 0 unspecified atom stereocenters. The molecule has 0 atom stereocenters. The summed E-state index contributed by atoms with van der Waals surface area (Å²) in [5, 5.41) is 15.0. The molecule has 112 valence electrons. The van der Waals surface area contributed by atoms with Crippen molar-refractivity contribution in [1.29, 1.82) is 0 Å². The van der Waals surface area contributed by atoms with Crippen LogP contribution in [-0.2, 0) is 6.54 Å². The Balaban J connectivity index is 2.19. The quantitative estimate of drug-likeness (QED) is 0.226. The van der Waals surface area contributed by atoms with E-state index in [2.05, 4.69) is 10.5 Å². The predicted molar refractivity (Wildman–Crippen MR) is 79.1 cm³/mol. The number of rotatable bonds is 8. The van der Waals surface area contributed by atoms with Gasteiger partial charge in [-0.25, -0.2) is 4.39 Å². The molecule has 4 nitrogen and oxygen atoms in total. The first kappa shape index (κ1) is 16.4. The summed E-state index contributed by atoms with van der Waals surface area (Å²) >= 11 is 0. The number of nitrogens with one attached hydrogen (secondary N) is 1. The highest BCUT2D eigenvalue weighted by molar-refractivity contribution is 5.85. The minimum Gasteiger partial charge on any atom is -0.409 e. The smallest absolute Gasteiger partial charge is 0.144 e. The molecule has 0 heterocycles. The van der Waals surface area contributed by atoms with Crippen LogP contribution in [0.3, 0.4) is 0 Å². The first-order valence-electron chi connectivity index (χ1n) is 6.89. The normalized spacial score (nSPS) is 12.7. The van der Waals surface area contributed by atoms with E-state index in [1.807, 2.05) is 19.9 Å². The van der Waals surface area contributed by atoms with Gasteiger partial charge in [0.15, 0.2) is 0 Å². The van der Waals surface area contributed by atoms with Crippen LogP contribution in [-0.4, -0.2) is 17.6 Å². The molecule has 1 aromatic carbocycles. The maximum atomic E-state index is 13.4. The fraction of sp³-hybridized carbons (Fsp3) is 0.533. The van der Waals surface area contributed by atoms with Gasteiger partial charge < -0.3 is 16.3 Å². The zero-order valence-corrected chi connectivity index (χ0v) is 12.2. The predicted octanol–water partition coefficient (Wildman–Crippen LogP) is 2.86. The highest BCUT2D eigenvalue weighted by atomic mass is 19.1.